The third-order valence-corrected chi connectivity index (χ3v) is 5.00. The summed E-state index contributed by atoms with van der Waals surface area (Å²) in [5.41, 5.74) is 2.81. The molecule has 0 bridgehead atoms. The Morgan fingerprint density at radius 3 is 1.84 bits per heavy atom. The van der Waals surface area contributed by atoms with Gasteiger partial charge < -0.3 is 4.90 Å². The van der Waals surface area contributed by atoms with Crippen LogP contribution < -0.4 is 0 Å². The molecular weight excluding hydrogens is 304 g/mol. The molecule has 0 amide bonds. The standard InChI is InChI=1S/C23H31N2/c1-4-12-22(13-5-1)20-25(21-23-14-6-2-7-15-23)19-11-10-18-24-16-8-3-9-17-24/h1-7,12-15H,8-11,16-21H2. The quantitative estimate of drug-likeness (QED) is 0.609. The van der Waals surface area contributed by atoms with Crippen molar-refractivity contribution in [2.75, 3.05) is 26.2 Å². The van der Waals surface area contributed by atoms with E-state index in [9.17, 15) is 0 Å². The Balaban J connectivity index is 1.48. The van der Waals surface area contributed by atoms with Crippen LogP contribution in [0.25, 0.3) is 0 Å². The Morgan fingerprint density at radius 1 is 0.720 bits per heavy atom. The summed E-state index contributed by atoms with van der Waals surface area (Å²) in [7, 11) is 0. The lowest BCUT2D eigenvalue weighted by atomic mass is 10.1. The van der Waals surface area contributed by atoms with Crippen LogP contribution in [0.1, 0.15) is 36.8 Å². The molecule has 25 heavy (non-hydrogen) atoms. The summed E-state index contributed by atoms with van der Waals surface area (Å²) in [6, 6.07) is 21.7. The van der Waals surface area contributed by atoms with E-state index in [-0.39, 0.29) is 0 Å². The van der Waals surface area contributed by atoms with Crippen LogP contribution in [0, 0.1) is 6.42 Å². The summed E-state index contributed by atoms with van der Waals surface area (Å²) in [5, 5.41) is 0. The maximum Gasteiger partial charge on any atom is 0.0237 e. The van der Waals surface area contributed by atoms with Crippen molar-refractivity contribution in [2.24, 2.45) is 0 Å². The Morgan fingerprint density at radius 2 is 1.28 bits per heavy atom. The third-order valence-electron chi connectivity index (χ3n) is 5.00. The molecule has 0 aliphatic carbocycles. The van der Waals surface area contributed by atoms with Crippen LogP contribution in [0.4, 0.5) is 0 Å². The van der Waals surface area contributed by atoms with Gasteiger partial charge in [0.1, 0.15) is 0 Å². The SMILES string of the molecule is [CH]1CCN(CCCCN(Cc2ccccc2)Cc2ccccc2)CC1. The van der Waals surface area contributed by atoms with E-state index in [1.807, 2.05) is 0 Å². The van der Waals surface area contributed by atoms with Gasteiger partial charge in [-0.2, -0.15) is 0 Å². The lowest BCUT2D eigenvalue weighted by molar-refractivity contribution is 0.223. The average molecular weight is 336 g/mol. The van der Waals surface area contributed by atoms with Crippen molar-refractivity contribution < 1.29 is 0 Å². The smallest absolute Gasteiger partial charge is 0.0237 e. The molecule has 2 aromatic rings. The number of hydrogen-bond acceptors (Lipinski definition) is 2. The van der Waals surface area contributed by atoms with Crippen molar-refractivity contribution in [3.63, 3.8) is 0 Å². The molecule has 3 rings (SSSR count). The Kier molecular flexibility index (Phi) is 7.54. The summed E-state index contributed by atoms with van der Waals surface area (Å²) in [6.07, 6.45) is 7.56. The molecule has 0 N–H and O–H groups in total. The lowest BCUT2D eigenvalue weighted by Gasteiger charge is -2.27. The van der Waals surface area contributed by atoms with E-state index in [2.05, 4.69) is 76.9 Å². The van der Waals surface area contributed by atoms with Gasteiger partial charge >= 0.3 is 0 Å². The molecule has 133 valence electrons. The number of piperidine rings is 1. The van der Waals surface area contributed by atoms with Crippen molar-refractivity contribution in [3.8, 4) is 0 Å². The van der Waals surface area contributed by atoms with Gasteiger partial charge in [0.05, 0.1) is 0 Å². The second-order valence-corrected chi connectivity index (χ2v) is 7.10. The molecule has 1 heterocycles. The molecule has 2 nitrogen and oxygen atoms in total. The number of nitrogens with zero attached hydrogens (tertiary/aromatic N) is 2. The molecule has 0 aromatic heterocycles. The van der Waals surface area contributed by atoms with Gasteiger partial charge in [-0.3, -0.25) is 4.90 Å². The fourth-order valence-electron chi connectivity index (χ4n) is 3.60. The van der Waals surface area contributed by atoms with Gasteiger partial charge in [-0.25, -0.2) is 0 Å². The van der Waals surface area contributed by atoms with Crippen LogP contribution in [0.2, 0.25) is 0 Å². The molecule has 0 unspecified atom stereocenters. The molecule has 1 saturated heterocycles. The van der Waals surface area contributed by atoms with Crippen LogP contribution in [-0.4, -0.2) is 36.0 Å². The average Bonchev–Trinajstić information content (AvgIpc) is 2.67. The zero-order chi connectivity index (χ0) is 17.2. The first kappa shape index (κ1) is 18.2. The van der Waals surface area contributed by atoms with Crippen molar-refractivity contribution >= 4 is 0 Å². The largest absolute Gasteiger partial charge is 0.303 e. The number of likely N-dealkylation sites (tertiary alicyclic amines) is 1. The minimum absolute atomic E-state index is 1.04. The maximum absolute atomic E-state index is 2.62. The molecule has 0 spiro atoms. The van der Waals surface area contributed by atoms with Crippen LogP contribution in [0.15, 0.2) is 60.7 Å². The first-order chi connectivity index (χ1) is 12.4. The van der Waals surface area contributed by atoms with Crippen molar-refractivity contribution in [3.05, 3.63) is 78.2 Å². The highest BCUT2D eigenvalue weighted by Crippen LogP contribution is 2.12. The summed E-state index contributed by atoms with van der Waals surface area (Å²) in [4.78, 5) is 5.22. The summed E-state index contributed by atoms with van der Waals surface area (Å²) >= 11 is 0. The topological polar surface area (TPSA) is 6.48 Å². The van der Waals surface area contributed by atoms with Gasteiger partial charge in [0.25, 0.3) is 0 Å². The van der Waals surface area contributed by atoms with Gasteiger partial charge in [0.15, 0.2) is 0 Å². The lowest BCUT2D eigenvalue weighted by Crippen LogP contribution is -2.31. The van der Waals surface area contributed by atoms with Crippen molar-refractivity contribution in [1.82, 2.24) is 9.80 Å². The Bertz CT molecular complexity index is 534. The fraction of sp³-hybridized carbons (Fsp3) is 0.435. The number of unbranched alkanes of at least 4 members (excludes halogenated alkanes) is 1. The van der Waals surface area contributed by atoms with Crippen LogP contribution in [0.3, 0.4) is 0 Å². The Labute approximate surface area is 153 Å². The van der Waals surface area contributed by atoms with E-state index >= 15 is 0 Å². The van der Waals surface area contributed by atoms with Crippen LogP contribution in [0.5, 0.6) is 0 Å². The predicted molar refractivity (Wildman–Crippen MR) is 106 cm³/mol. The minimum Gasteiger partial charge on any atom is -0.303 e. The zero-order valence-electron chi connectivity index (χ0n) is 15.3. The highest BCUT2D eigenvalue weighted by molar-refractivity contribution is 5.17. The molecule has 2 aromatic carbocycles. The first-order valence-corrected chi connectivity index (χ1v) is 9.74. The highest BCUT2D eigenvalue weighted by atomic mass is 15.1. The van der Waals surface area contributed by atoms with Crippen LogP contribution >= 0.6 is 0 Å². The minimum atomic E-state index is 1.04. The Hall–Kier alpha value is -1.64. The summed E-state index contributed by atoms with van der Waals surface area (Å²) in [6.45, 7) is 7.03. The molecular formula is C23H31N2. The fourth-order valence-corrected chi connectivity index (χ4v) is 3.60. The monoisotopic (exact) mass is 335 g/mol. The third kappa shape index (κ3) is 6.64. The molecule has 1 radical (unpaired) electrons. The number of rotatable bonds is 9. The van der Waals surface area contributed by atoms with Crippen molar-refractivity contribution in [2.45, 2.75) is 38.8 Å². The van der Waals surface area contributed by atoms with Gasteiger partial charge in [0, 0.05) is 13.1 Å². The maximum atomic E-state index is 2.62. The molecule has 1 fully saturated rings. The number of hydrogen-bond donors (Lipinski definition) is 0. The van der Waals surface area contributed by atoms with Gasteiger partial charge in [-0.05, 0) is 69.4 Å². The molecule has 0 atom stereocenters. The van der Waals surface area contributed by atoms with E-state index in [1.54, 1.807) is 0 Å². The van der Waals surface area contributed by atoms with E-state index < -0.39 is 0 Å². The molecule has 1 aliphatic heterocycles. The summed E-state index contributed by atoms with van der Waals surface area (Å²) in [5.74, 6) is 0. The second-order valence-electron chi connectivity index (χ2n) is 7.10. The summed E-state index contributed by atoms with van der Waals surface area (Å²) < 4.78 is 0. The van der Waals surface area contributed by atoms with E-state index in [1.165, 1.54) is 63.0 Å². The van der Waals surface area contributed by atoms with Gasteiger partial charge in [-0.1, -0.05) is 60.7 Å². The van der Waals surface area contributed by atoms with Gasteiger partial charge in [0.2, 0.25) is 0 Å². The van der Waals surface area contributed by atoms with E-state index in [4.69, 9.17) is 0 Å². The zero-order valence-corrected chi connectivity index (χ0v) is 15.3. The highest BCUT2D eigenvalue weighted by Gasteiger charge is 2.11. The first-order valence-electron chi connectivity index (χ1n) is 9.74. The van der Waals surface area contributed by atoms with E-state index in [0.29, 0.717) is 0 Å². The van der Waals surface area contributed by atoms with Crippen molar-refractivity contribution in [1.29, 1.82) is 0 Å². The van der Waals surface area contributed by atoms with E-state index in [0.717, 1.165) is 13.1 Å². The van der Waals surface area contributed by atoms with Gasteiger partial charge in [-0.15, -0.1) is 0 Å². The molecule has 0 saturated carbocycles. The van der Waals surface area contributed by atoms with Crippen LogP contribution in [-0.2, 0) is 13.1 Å². The second kappa shape index (κ2) is 10.4. The number of benzene rings is 2. The predicted octanol–water partition coefficient (Wildman–Crippen LogP) is 4.77. The molecule has 1 aliphatic rings. The molecule has 2 heteroatoms. The normalized spacial score (nSPS) is 15.6.